The van der Waals surface area contributed by atoms with Gasteiger partial charge in [-0.2, -0.15) is 0 Å². The van der Waals surface area contributed by atoms with Crippen LogP contribution in [-0.4, -0.2) is 38.5 Å². The normalized spacial score (nSPS) is 30.8. The number of aromatic nitrogens is 2. The Morgan fingerprint density at radius 3 is 2.83 bits per heavy atom. The molecule has 2 fully saturated rings. The Kier molecular flexibility index (Phi) is 6.28. The van der Waals surface area contributed by atoms with E-state index < -0.39 is 18.5 Å². The number of carbonyl (C=O) groups is 1. The zero-order valence-corrected chi connectivity index (χ0v) is 20.4. The molecule has 5 atom stereocenters. The first-order chi connectivity index (χ1) is 16.6. The number of fused-ring (bicyclic) bond motifs is 5. The number of imidazole rings is 1. The molecular weight excluding hydrogens is 451 g/mol. The van der Waals surface area contributed by atoms with Crippen LogP contribution in [0.3, 0.4) is 0 Å². The summed E-state index contributed by atoms with van der Waals surface area (Å²) < 4.78 is 32.7. The fraction of sp³-hybridized carbons (Fsp3) is 0.615. The fourth-order valence-electron chi connectivity index (χ4n) is 7.43. The van der Waals surface area contributed by atoms with Gasteiger partial charge >= 0.3 is 7.12 Å². The van der Waals surface area contributed by atoms with Crippen LogP contribution in [0.15, 0.2) is 30.7 Å². The molecule has 0 aliphatic heterocycles. The van der Waals surface area contributed by atoms with E-state index >= 15 is 8.78 Å². The average molecular weight is 485 g/mol. The van der Waals surface area contributed by atoms with Crippen LogP contribution in [0.1, 0.15) is 68.2 Å². The van der Waals surface area contributed by atoms with Crippen molar-refractivity contribution in [2.24, 2.45) is 30.2 Å². The van der Waals surface area contributed by atoms with E-state index in [9.17, 15) is 14.8 Å². The minimum Gasteiger partial charge on any atom is -0.423 e. The molecule has 35 heavy (non-hydrogen) atoms. The van der Waals surface area contributed by atoms with Crippen molar-refractivity contribution >= 4 is 18.5 Å². The van der Waals surface area contributed by atoms with Gasteiger partial charge in [-0.3, -0.25) is 4.79 Å². The van der Waals surface area contributed by atoms with Crippen LogP contribution in [0, 0.1) is 23.2 Å². The van der Waals surface area contributed by atoms with Gasteiger partial charge < -0.3 is 19.9 Å². The van der Waals surface area contributed by atoms with Crippen molar-refractivity contribution in [3.8, 4) is 0 Å². The smallest absolute Gasteiger partial charge is 0.423 e. The molecule has 0 unspecified atom stereocenters. The molecule has 0 saturated heterocycles. The van der Waals surface area contributed by atoms with Gasteiger partial charge in [0, 0.05) is 31.5 Å². The van der Waals surface area contributed by atoms with Gasteiger partial charge in [-0.1, -0.05) is 25.1 Å². The van der Waals surface area contributed by atoms with E-state index in [4.69, 9.17) is 0 Å². The van der Waals surface area contributed by atoms with Crippen molar-refractivity contribution < 1.29 is 23.6 Å². The standard InChI is InChI=1S/C26H34BF2N3O3/c1-25-10-9-21-20-7-5-18(27(34)35)11-16(20)3-6-22(21)24(25)17(12-26(25,28)29)4-8-23(33)30-13-19-14-32(2)15-31-19/h5,7,11,14-15,17,21-22,24,34-35H,3-4,6,8-10,12-13H2,1-2H3,(H,30,33)/t17-,21-,22-,24+,25+/m1/s1. The number of amides is 1. The molecule has 1 aromatic heterocycles. The Morgan fingerprint density at radius 1 is 1.31 bits per heavy atom. The predicted molar refractivity (Wildman–Crippen MR) is 129 cm³/mol. The van der Waals surface area contributed by atoms with Crippen molar-refractivity contribution in [1.29, 1.82) is 0 Å². The summed E-state index contributed by atoms with van der Waals surface area (Å²) in [5, 5.41) is 22.0. The molecule has 2 aromatic rings. The lowest BCUT2D eigenvalue weighted by molar-refractivity contribution is -0.133. The predicted octanol–water partition coefficient (Wildman–Crippen LogP) is 2.91. The Hall–Kier alpha value is -2.26. The third-order valence-corrected chi connectivity index (χ3v) is 9.13. The second kappa shape index (κ2) is 9.00. The highest BCUT2D eigenvalue weighted by molar-refractivity contribution is 6.58. The molecule has 5 rings (SSSR count). The van der Waals surface area contributed by atoms with Crippen LogP contribution in [0.5, 0.6) is 0 Å². The highest BCUT2D eigenvalue weighted by Crippen LogP contribution is 2.68. The summed E-state index contributed by atoms with van der Waals surface area (Å²) >= 11 is 0. The summed E-state index contributed by atoms with van der Waals surface area (Å²) in [6, 6.07) is 5.57. The molecule has 1 aromatic carbocycles. The van der Waals surface area contributed by atoms with Crippen LogP contribution in [0.2, 0.25) is 0 Å². The number of rotatable bonds is 6. The number of alkyl halides is 2. The highest BCUT2D eigenvalue weighted by atomic mass is 19.3. The first kappa shape index (κ1) is 24.4. The average Bonchev–Trinajstić information content (AvgIpc) is 3.32. The van der Waals surface area contributed by atoms with Crippen molar-refractivity contribution in [2.75, 3.05) is 0 Å². The molecule has 0 radical (unpaired) electrons. The third kappa shape index (κ3) is 4.31. The van der Waals surface area contributed by atoms with E-state index in [1.54, 1.807) is 19.3 Å². The van der Waals surface area contributed by atoms with Gasteiger partial charge in [0.2, 0.25) is 5.91 Å². The fourth-order valence-corrected chi connectivity index (χ4v) is 7.43. The highest BCUT2D eigenvalue weighted by Gasteiger charge is 2.67. The number of halogens is 2. The van der Waals surface area contributed by atoms with Crippen molar-refractivity contribution in [3.63, 3.8) is 0 Å². The SMILES string of the molecule is Cn1cnc(CNC(=O)CC[C@@H]2CC(F)(F)[C@@]3(C)CC[C@@H]4c5ccc(B(O)O)cc5CC[C@H]4[C@H]23)c1. The molecule has 0 bridgehead atoms. The molecule has 3 aliphatic rings. The lowest BCUT2D eigenvalue weighted by Crippen LogP contribution is -2.48. The van der Waals surface area contributed by atoms with Gasteiger partial charge in [-0.25, -0.2) is 13.8 Å². The van der Waals surface area contributed by atoms with Crippen molar-refractivity contribution in [1.82, 2.24) is 14.9 Å². The van der Waals surface area contributed by atoms with Gasteiger partial charge in [0.1, 0.15) is 0 Å². The third-order valence-electron chi connectivity index (χ3n) is 9.13. The van der Waals surface area contributed by atoms with Gasteiger partial charge in [0.15, 0.2) is 0 Å². The maximum absolute atomic E-state index is 15.4. The lowest BCUT2D eigenvalue weighted by atomic mass is 9.53. The molecule has 188 valence electrons. The van der Waals surface area contributed by atoms with E-state index in [1.807, 2.05) is 29.9 Å². The molecule has 1 heterocycles. The number of nitrogens with one attached hydrogen (secondary N) is 1. The first-order valence-electron chi connectivity index (χ1n) is 12.7. The molecule has 3 N–H and O–H groups in total. The Morgan fingerprint density at radius 2 is 2.11 bits per heavy atom. The molecule has 6 nitrogen and oxygen atoms in total. The first-order valence-corrected chi connectivity index (χ1v) is 12.7. The van der Waals surface area contributed by atoms with Crippen LogP contribution in [0.4, 0.5) is 8.78 Å². The summed E-state index contributed by atoms with van der Waals surface area (Å²) in [4.78, 5) is 16.7. The molecule has 2 saturated carbocycles. The van der Waals surface area contributed by atoms with Gasteiger partial charge in [-0.05, 0) is 72.4 Å². The van der Waals surface area contributed by atoms with Crippen molar-refractivity contribution in [3.05, 3.63) is 47.5 Å². The number of benzene rings is 1. The quantitative estimate of drug-likeness (QED) is 0.550. The Balaban J connectivity index is 1.31. The second-order valence-corrected chi connectivity index (χ2v) is 11.1. The maximum Gasteiger partial charge on any atom is 0.488 e. The largest absolute Gasteiger partial charge is 0.488 e. The number of hydrogen-bond donors (Lipinski definition) is 3. The van der Waals surface area contributed by atoms with E-state index in [1.165, 1.54) is 5.56 Å². The molecular formula is C26H34BF2N3O3. The van der Waals surface area contributed by atoms with E-state index in [0.29, 0.717) is 24.8 Å². The zero-order chi connectivity index (χ0) is 25.0. The molecule has 0 spiro atoms. The lowest BCUT2D eigenvalue weighted by Gasteiger charge is -2.51. The summed E-state index contributed by atoms with van der Waals surface area (Å²) in [6.07, 6.45) is 6.85. The maximum atomic E-state index is 15.4. The monoisotopic (exact) mass is 485 g/mol. The molecule has 3 aliphatic carbocycles. The Bertz CT molecular complexity index is 1110. The van der Waals surface area contributed by atoms with Gasteiger partial charge in [0.05, 0.1) is 18.6 Å². The van der Waals surface area contributed by atoms with E-state index in [2.05, 4.69) is 10.3 Å². The second-order valence-electron chi connectivity index (χ2n) is 11.1. The zero-order valence-electron chi connectivity index (χ0n) is 20.4. The van der Waals surface area contributed by atoms with E-state index in [-0.39, 0.29) is 42.4 Å². The number of carbonyl (C=O) groups excluding carboxylic acids is 1. The topological polar surface area (TPSA) is 87.4 Å². The van der Waals surface area contributed by atoms with Crippen LogP contribution in [-0.2, 0) is 24.8 Å². The van der Waals surface area contributed by atoms with Gasteiger partial charge in [0.25, 0.3) is 5.92 Å². The van der Waals surface area contributed by atoms with Crippen molar-refractivity contribution in [2.45, 2.75) is 70.3 Å². The number of aryl methyl sites for hydroxylation is 2. The Labute approximate surface area is 205 Å². The van der Waals surface area contributed by atoms with Crippen LogP contribution >= 0.6 is 0 Å². The summed E-state index contributed by atoms with van der Waals surface area (Å²) in [5.74, 6) is -2.82. The minimum absolute atomic E-state index is 0.121. The number of hydrogen-bond acceptors (Lipinski definition) is 4. The van der Waals surface area contributed by atoms with Crippen LogP contribution < -0.4 is 10.8 Å². The minimum atomic E-state index is -2.73. The summed E-state index contributed by atoms with van der Waals surface area (Å²) in [6.45, 7) is 2.11. The van der Waals surface area contributed by atoms with Gasteiger partial charge in [-0.15, -0.1) is 0 Å². The summed E-state index contributed by atoms with van der Waals surface area (Å²) in [5.41, 5.74) is 2.49. The molecule has 9 heteroatoms. The van der Waals surface area contributed by atoms with E-state index in [0.717, 1.165) is 30.5 Å². The van der Waals surface area contributed by atoms with Crippen LogP contribution in [0.25, 0.3) is 0 Å². The number of nitrogens with zero attached hydrogens (tertiary/aromatic N) is 2. The molecule has 1 amide bonds. The summed E-state index contributed by atoms with van der Waals surface area (Å²) in [7, 11) is 0.361.